The second kappa shape index (κ2) is 13.5. The van der Waals surface area contributed by atoms with Gasteiger partial charge in [-0.25, -0.2) is 14.4 Å². The molecule has 2 aromatic carbocycles. The summed E-state index contributed by atoms with van der Waals surface area (Å²) in [5.41, 5.74) is 3.63. The minimum Gasteiger partial charge on any atom is -0.507 e. The molecule has 12 nitrogen and oxygen atoms in total. The van der Waals surface area contributed by atoms with Crippen LogP contribution in [0.25, 0.3) is 22.2 Å². The van der Waals surface area contributed by atoms with Gasteiger partial charge in [-0.3, -0.25) is 14.4 Å². The molecule has 1 aliphatic heterocycles. The van der Waals surface area contributed by atoms with Crippen LogP contribution in [0.2, 0.25) is 0 Å². The van der Waals surface area contributed by atoms with Crippen molar-refractivity contribution in [2.24, 2.45) is 7.05 Å². The quantitative estimate of drug-likeness (QED) is 0.172. The third-order valence-corrected chi connectivity index (χ3v) is 8.48. The maximum absolute atomic E-state index is 15.2. The summed E-state index contributed by atoms with van der Waals surface area (Å²) in [6.07, 6.45) is 6.19. The number of para-hydroxylation sites is 2. The lowest BCUT2D eigenvalue weighted by Crippen LogP contribution is -2.52. The monoisotopic (exact) mass is 627 g/mol. The number of likely N-dealkylation sites (N-methyl/N-ethyl adjacent to an activating group) is 1. The van der Waals surface area contributed by atoms with Crippen molar-refractivity contribution in [3.8, 4) is 22.9 Å². The number of hydrogen-bond acceptors (Lipinski definition) is 9. The molecule has 46 heavy (non-hydrogen) atoms. The highest BCUT2D eigenvalue weighted by Gasteiger charge is 2.24. The van der Waals surface area contributed by atoms with Gasteiger partial charge < -0.3 is 30.4 Å². The zero-order valence-corrected chi connectivity index (χ0v) is 26.1. The fourth-order valence-electron chi connectivity index (χ4n) is 5.96. The van der Waals surface area contributed by atoms with E-state index in [4.69, 9.17) is 4.74 Å². The van der Waals surface area contributed by atoms with Crippen molar-refractivity contribution in [2.75, 3.05) is 52.2 Å². The van der Waals surface area contributed by atoms with Crippen LogP contribution in [0.5, 0.6) is 11.6 Å². The summed E-state index contributed by atoms with van der Waals surface area (Å²) in [7, 11) is 5.41. The number of phenolic OH excluding ortho intramolecular Hbond substituents is 1. The van der Waals surface area contributed by atoms with E-state index in [-0.39, 0.29) is 34.9 Å². The summed E-state index contributed by atoms with van der Waals surface area (Å²) >= 11 is 0. The molecule has 1 atom stereocenters. The number of carbonyl (C=O) groups is 1. The number of ether oxygens (including phenoxy) is 1. The van der Waals surface area contributed by atoms with Crippen LogP contribution >= 0.6 is 0 Å². The van der Waals surface area contributed by atoms with Gasteiger partial charge in [0.25, 0.3) is 11.8 Å². The highest BCUT2D eigenvalue weighted by molar-refractivity contribution is 5.97. The number of fused-ring (bicyclic) bond motifs is 1. The number of rotatable bonds is 11. The first-order valence-electron chi connectivity index (χ1n) is 15.3. The number of aromatic nitrogens is 5. The Morgan fingerprint density at radius 3 is 2.72 bits per heavy atom. The second-order valence-electron chi connectivity index (χ2n) is 11.5. The highest BCUT2D eigenvalue weighted by Crippen LogP contribution is 2.33. The van der Waals surface area contributed by atoms with Gasteiger partial charge in [0.2, 0.25) is 5.95 Å². The SMILES string of the molecule is COc1nn(C)cc1Nc1ncc(F)c(-c2c[nH]c3c(CC[C@@H](CNC(=O)c4ccccc4O)N4CCN(C)CC4)cccc23)n1. The number of carbonyl (C=O) groups excluding carboxylic acids is 1. The number of piperazine rings is 1. The fourth-order valence-corrected chi connectivity index (χ4v) is 5.96. The Labute approximate surface area is 266 Å². The van der Waals surface area contributed by atoms with Crippen molar-refractivity contribution in [3.63, 3.8) is 0 Å². The Balaban J connectivity index is 1.21. The molecule has 1 saturated heterocycles. The van der Waals surface area contributed by atoms with Gasteiger partial charge in [0, 0.05) is 68.5 Å². The van der Waals surface area contributed by atoms with Gasteiger partial charge in [-0.2, -0.15) is 0 Å². The summed E-state index contributed by atoms with van der Waals surface area (Å²) in [4.78, 5) is 29.6. The van der Waals surface area contributed by atoms with E-state index in [1.54, 1.807) is 42.3 Å². The average molecular weight is 628 g/mol. The summed E-state index contributed by atoms with van der Waals surface area (Å²) in [6, 6.07) is 12.6. The molecule has 1 amide bonds. The second-order valence-corrected chi connectivity index (χ2v) is 11.5. The van der Waals surface area contributed by atoms with E-state index in [0.29, 0.717) is 23.7 Å². The van der Waals surface area contributed by atoms with Crippen molar-refractivity contribution in [3.05, 3.63) is 78.0 Å². The van der Waals surface area contributed by atoms with Gasteiger partial charge in [-0.15, -0.1) is 5.10 Å². The van der Waals surface area contributed by atoms with Crippen molar-refractivity contribution >= 4 is 28.4 Å². The first-order chi connectivity index (χ1) is 22.3. The van der Waals surface area contributed by atoms with E-state index in [2.05, 4.69) is 53.6 Å². The van der Waals surface area contributed by atoms with Crippen LogP contribution in [0.4, 0.5) is 16.0 Å². The number of nitrogens with one attached hydrogen (secondary N) is 3. The Hall–Kier alpha value is -5.01. The molecule has 0 bridgehead atoms. The fraction of sp³-hybridized carbons (Fsp3) is 0.333. The number of aromatic amines is 1. The molecular formula is C33H38FN9O3. The molecule has 6 rings (SSSR count). The summed E-state index contributed by atoms with van der Waals surface area (Å²) in [5, 5.41) is 21.4. The van der Waals surface area contributed by atoms with Crippen LogP contribution in [0.3, 0.4) is 0 Å². The molecule has 4 heterocycles. The van der Waals surface area contributed by atoms with Gasteiger partial charge in [0.05, 0.1) is 25.1 Å². The van der Waals surface area contributed by atoms with Crippen LogP contribution < -0.4 is 15.4 Å². The van der Waals surface area contributed by atoms with Gasteiger partial charge in [0.1, 0.15) is 17.1 Å². The number of aromatic hydroxyl groups is 1. The lowest BCUT2D eigenvalue weighted by atomic mass is 10.00. The molecular weight excluding hydrogens is 589 g/mol. The van der Waals surface area contributed by atoms with Crippen LogP contribution in [-0.2, 0) is 13.5 Å². The molecule has 240 valence electrons. The number of amides is 1. The Bertz CT molecular complexity index is 1830. The normalized spacial score (nSPS) is 14.8. The number of nitrogens with zero attached hydrogens (tertiary/aromatic N) is 6. The molecule has 4 N–H and O–H groups in total. The van der Waals surface area contributed by atoms with Crippen LogP contribution in [0, 0.1) is 5.82 Å². The van der Waals surface area contributed by atoms with E-state index < -0.39 is 5.82 Å². The van der Waals surface area contributed by atoms with Crippen molar-refractivity contribution in [1.82, 2.24) is 39.8 Å². The number of anilines is 2. The zero-order valence-electron chi connectivity index (χ0n) is 26.1. The molecule has 0 unspecified atom stereocenters. The number of H-pyrrole nitrogens is 1. The predicted octanol–water partition coefficient (Wildman–Crippen LogP) is 3.93. The van der Waals surface area contributed by atoms with Crippen LogP contribution in [-0.4, -0.2) is 98.5 Å². The molecule has 0 saturated carbocycles. The zero-order chi connectivity index (χ0) is 32.2. The van der Waals surface area contributed by atoms with Gasteiger partial charge in [-0.1, -0.05) is 30.3 Å². The van der Waals surface area contributed by atoms with E-state index >= 15 is 4.39 Å². The van der Waals surface area contributed by atoms with Crippen LogP contribution in [0.15, 0.2) is 61.1 Å². The predicted molar refractivity (Wildman–Crippen MR) is 174 cm³/mol. The van der Waals surface area contributed by atoms with E-state index in [1.807, 2.05) is 12.1 Å². The average Bonchev–Trinajstić information content (AvgIpc) is 3.65. The Morgan fingerprint density at radius 1 is 1.13 bits per heavy atom. The van der Waals surface area contributed by atoms with E-state index in [9.17, 15) is 9.90 Å². The summed E-state index contributed by atoms with van der Waals surface area (Å²) < 4.78 is 22.1. The number of halogens is 1. The topological polar surface area (TPSA) is 136 Å². The molecule has 5 aromatic rings. The third-order valence-electron chi connectivity index (χ3n) is 8.48. The summed E-state index contributed by atoms with van der Waals surface area (Å²) in [5.74, 6) is -0.276. The molecule has 0 aliphatic carbocycles. The largest absolute Gasteiger partial charge is 0.507 e. The number of hydrogen-bond donors (Lipinski definition) is 4. The standard InChI is InChI=1S/C33H38FN9O3/c1-41-13-15-43(16-14-41)22(17-36-31(45)24-8-4-5-10-28(24)44)12-11-21-7-6-9-23-25(18-35-29(21)23)30-26(34)19-37-33(39-30)38-27-20-42(2)40-32(27)46-3/h4-10,18-20,22,35,44H,11-17H2,1-3H3,(H,36,45)(H,37,38,39)/t22-/m0/s1. The summed E-state index contributed by atoms with van der Waals surface area (Å²) in [6.45, 7) is 4.16. The Morgan fingerprint density at radius 2 is 1.93 bits per heavy atom. The van der Waals surface area contributed by atoms with Crippen molar-refractivity contribution in [1.29, 1.82) is 0 Å². The molecule has 0 spiro atoms. The Kier molecular flexibility index (Phi) is 9.13. The van der Waals surface area contributed by atoms with Crippen molar-refractivity contribution in [2.45, 2.75) is 18.9 Å². The maximum atomic E-state index is 15.2. The molecule has 0 radical (unpaired) electrons. The first kappa shape index (κ1) is 31.0. The lowest BCUT2D eigenvalue weighted by molar-refractivity contribution is 0.0872. The number of aryl methyl sites for hydroxylation is 2. The highest BCUT2D eigenvalue weighted by atomic mass is 19.1. The smallest absolute Gasteiger partial charge is 0.256 e. The third kappa shape index (κ3) is 6.65. The van der Waals surface area contributed by atoms with Crippen LogP contribution in [0.1, 0.15) is 22.3 Å². The number of methoxy groups -OCH3 is 1. The maximum Gasteiger partial charge on any atom is 0.256 e. The number of phenols is 1. The minimum absolute atomic E-state index is 0.0369. The molecule has 3 aromatic heterocycles. The van der Waals surface area contributed by atoms with E-state index in [1.165, 1.54) is 13.2 Å². The molecule has 1 aliphatic rings. The molecule has 1 fully saturated rings. The molecule has 13 heteroatoms. The van der Waals surface area contributed by atoms with Gasteiger partial charge in [-0.05, 0) is 37.6 Å². The van der Waals surface area contributed by atoms with Gasteiger partial charge >= 0.3 is 0 Å². The minimum atomic E-state index is -0.537. The number of benzene rings is 2. The van der Waals surface area contributed by atoms with Crippen molar-refractivity contribution < 1.29 is 19.0 Å². The van der Waals surface area contributed by atoms with Gasteiger partial charge in [0.15, 0.2) is 5.82 Å². The first-order valence-corrected chi connectivity index (χ1v) is 15.3. The lowest BCUT2D eigenvalue weighted by Gasteiger charge is -2.38. The van der Waals surface area contributed by atoms with E-state index in [0.717, 1.165) is 61.7 Å².